The van der Waals surface area contributed by atoms with Crippen LogP contribution in [-0.2, 0) is 0 Å². The van der Waals surface area contributed by atoms with Crippen LogP contribution in [0.25, 0.3) is 0 Å². The van der Waals surface area contributed by atoms with Crippen LogP contribution < -0.4 is 5.32 Å². The fourth-order valence-electron chi connectivity index (χ4n) is 3.45. The van der Waals surface area contributed by atoms with Crippen molar-refractivity contribution in [2.75, 3.05) is 26.2 Å². The number of amides is 1. The molecule has 1 N–H and O–H groups in total. The Kier molecular flexibility index (Phi) is 5.40. The van der Waals surface area contributed by atoms with Crippen LogP contribution in [0.4, 0.5) is 8.78 Å². The zero-order valence-electron chi connectivity index (χ0n) is 12.4. The smallest absolute Gasteiger partial charge is 0.253 e. The number of hydrogen-bond donors (Lipinski definition) is 1. The molecule has 0 saturated carbocycles. The molecule has 0 atom stereocenters. The molecule has 1 aromatic carbocycles. The predicted octanol–water partition coefficient (Wildman–Crippen LogP) is 2.99. The van der Waals surface area contributed by atoms with E-state index in [9.17, 15) is 13.6 Å². The molecule has 0 aliphatic carbocycles. The van der Waals surface area contributed by atoms with E-state index in [1.807, 2.05) is 0 Å². The average Bonchev–Trinajstić information content (AvgIpc) is 2.51. The van der Waals surface area contributed by atoms with Gasteiger partial charge in [-0.25, -0.2) is 8.78 Å². The molecular weight excluding hydrogens is 310 g/mol. The van der Waals surface area contributed by atoms with Crippen LogP contribution in [0.15, 0.2) is 18.2 Å². The number of nitrogens with one attached hydrogen (secondary N) is 1. The fourth-order valence-corrected chi connectivity index (χ4v) is 3.45. The van der Waals surface area contributed by atoms with Gasteiger partial charge in [0.1, 0.15) is 0 Å². The van der Waals surface area contributed by atoms with Crippen molar-refractivity contribution in [1.29, 1.82) is 0 Å². The van der Waals surface area contributed by atoms with E-state index >= 15 is 0 Å². The van der Waals surface area contributed by atoms with Crippen molar-refractivity contribution >= 4 is 18.3 Å². The number of halogens is 3. The first kappa shape index (κ1) is 17.2. The molecule has 2 saturated heterocycles. The highest BCUT2D eigenvalue weighted by atomic mass is 35.5. The third-order valence-electron chi connectivity index (χ3n) is 4.94. The molecule has 0 bridgehead atoms. The fraction of sp³-hybridized carbons (Fsp3) is 0.562. The molecule has 2 aliphatic heterocycles. The molecule has 3 rings (SSSR count). The Bertz CT molecular complexity index is 537. The number of benzene rings is 1. The van der Waals surface area contributed by atoms with Crippen LogP contribution in [-0.4, -0.2) is 37.0 Å². The van der Waals surface area contributed by atoms with Crippen LogP contribution in [0.5, 0.6) is 0 Å². The summed E-state index contributed by atoms with van der Waals surface area (Å²) < 4.78 is 26.2. The molecule has 3 nitrogen and oxygen atoms in total. The van der Waals surface area contributed by atoms with Gasteiger partial charge in [0, 0.05) is 18.7 Å². The molecule has 1 spiro atoms. The van der Waals surface area contributed by atoms with E-state index in [4.69, 9.17) is 0 Å². The Morgan fingerprint density at radius 2 is 1.68 bits per heavy atom. The van der Waals surface area contributed by atoms with Crippen LogP contribution >= 0.6 is 12.4 Å². The molecule has 6 heteroatoms. The van der Waals surface area contributed by atoms with E-state index in [1.54, 1.807) is 4.90 Å². The summed E-state index contributed by atoms with van der Waals surface area (Å²) in [6.45, 7) is 3.52. The van der Waals surface area contributed by atoms with Gasteiger partial charge < -0.3 is 10.2 Å². The molecule has 122 valence electrons. The van der Waals surface area contributed by atoms with Gasteiger partial charge in [-0.3, -0.25) is 4.79 Å². The van der Waals surface area contributed by atoms with E-state index in [1.165, 1.54) is 18.9 Å². The minimum Gasteiger partial charge on any atom is -0.339 e. The van der Waals surface area contributed by atoms with E-state index < -0.39 is 11.6 Å². The quantitative estimate of drug-likeness (QED) is 0.858. The maximum absolute atomic E-state index is 13.2. The SMILES string of the molecule is Cl.O=C(c1ccc(F)c(F)c1)N1CCC2(CCNCC2)CC1. The summed E-state index contributed by atoms with van der Waals surface area (Å²) in [5.41, 5.74) is 0.603. The van der Waals surface area contributed by atoms with Crippen molar-refractivity contribution < 1.29 is 13.6 Å². The van der Waals surface area contributed by atoms with Crippen molar-refractivity contribution in [3.05, 3.63) is 35.4 Å². The molecule has 2 heterocycles. The largest absolute Gasteiger partial charge is 0.339 e. The second kappa shape index (κ2) is 6.92. The maximum atomic E-state index is 13.2. The molecule has 0 aromatic heterocycles. The van der Waals surface area contributed by atoms with Gasteiger partial charge in [-0.2, -0.15) is 0 Å². The predicted molar refractivity (Wildman–Crippen MR) is 83.3 cm³/mol. The highest BCUT2D eigenvalue weighted by Crippen LogP contribution is 2.39. The van der Waals surface area contributed by atoms with Crippen molar-refractivity contribution in [3.63, 3.8) is 0 Å². The summed E-state index contributed by atoms with van der Waals surface area (Å²) >= 11 is 0. The monoisotopic (exact) mass is 330 g/mol. The van der Waals surface area contributed by atoms with Crippen LogP contribution in [0.2, 0.25) is 0 Å². The summed E-state index contributed by atoms with van der Waals surface area (Å²) in [4.78, 5) is 14.1. The zero-order valence-corrected chi connectivity index (χ0v) is 13.2. The number of carbonyl (C=O) groups excluding carboxylic acids is 1. The maximum Gasteiger partial charge on any atom is 0.253 e. The second-order valence-corrected chi connectivity index (χ2v) is 6.17. The summed E-state index contributed by atoms with van der Waals surface area (Å²) in [5, 5.41) is 3.37. The van der Waals surface area contributed by atoms with Crippen LogP contribution in [0.1, 0.15) is 36.0 Å². The summed E-state index contributed by atoms with van der Waals surface area (Å²) in [6, 6.07) is 3.36. The average molecular weight is 331 g/mol. The third kappa shape index (κ3) is 3.41. The van der Waals surface area contributed by atoms with Crippen molar-refractivity contribution in [2.45, 2.75) is 25.7 Å². The lowest BCUT2D eigenvalue weighted by molar-refractivity contribution is 0.0495. The van der Waals surface area contributed by atoms with E-state index in [2.05, 4.69) is 5.32 Å². The molecule has 2 fully saturated rings. The third-order valence-corrected chi connectivity index (χ3v) is 4.94. The van der Waals surface area contributed by atoms with E-state index in [0.717, 1.165) is 38.1 Å². The first-order chi connectivity index (χ1) is 10.1. The highest BCUT2D eigenvalue weighted by Gasteiger charge is 2.36. The number of piperidine rings is 2. The van der Waals surface area contributed by atoms with Gasteiger partial charge in [0.2, 0.25) is 0 Å². The molecule has 1 amide bonds. The van der Waals surface area contributed by atoms with E-state index in [-0.39, 0.29) is 23.9 Å². The minimum absolute atomic E-state index is 0. The molecular formula is C16H21ClF2N2O. The highest BCUT2D eigenvalue weighted by molar-refractivity contribution is 5.94. The van der Waals surface area contributed by atoms with Gasteiger partial charge in [-0.05, 0) is 62.4 Å². The van der Waals surface area contributed by atoms with Crippen molar-refractivity contribution in [1.82, 2.24) is 10.2 Å². The minimum atomic E-state index is -0.965. The lowest BCUT2D eigenvalue weighted by Crippen LogP contribution is -2.47. The molecule has 22 heavy (non-hydrogen) atoms. The summed E-state index contributed by atoms with van der Waals surface area (Å²) in [5.74, 6) is -2.08. The molecule has 1 aromatic rings. The summed E-state index contributed by atoms with van der Waals surface area (Å²) in [7, 11) is 0. The van der Waals surface area contributed by atoms with E-state index in [0.29, 0.717) is 18.5 Å². The Hall–Kier alpha value is -1.20. The summed E-state index contributed by atoms with van der Waals surface area (Å²) in [6.07, 6.45) is 4.34. The Labute approximate surface area is 135 Å². The number of nitrogens with zero attached hydrogens (tertiary/aromatic N) is 1. The Morgan fingerprint density at radius 3 is 2.27 bits per heavy atom. The number of rotatable bonds is 1. The van der Waals surface area contributed by atoms with Crippen LogP contribution in [0, 0.1) is 17.0 Å². The standard InChI is InChI=1S/C16H20F2N2O.ClH/c17-13-2-1-12(11-14(13)18)15(21)20-9-5-16(6-10-20)3-7-19-8-4-16;/h1-2,11,19H,3-10H2;1H. The lowest BCUT2D eigenvalue weighted by Gasteiger charge is -2.44. The Morgan fingerprint density at radius 1 is 1.05 bits per heavy atom. The Balaban J connectivity index is 0.00000176. The van der Waals surface area contributed by atoms with Gasteiger partial charge >= 0.3 is 0 Å². The van der Waals surface area contributed by atoms with Gasteiger partial charge in [-0.15, -0.1) is 12.4 Å². The van der Waals surface area contributed by atoms with Crippen molar-refractivity contribution in [3.8, 4) is 0 Å². The van der Waals surface area contributed by atoms with Gasteiger partial charge in [0.05, 0.1) is 0 Å². The zero-order chi connectivity index (χ0) is 14.9. The second-order valence-electron chi connectivity index (χ2n) is 6.17. The molecule has 0 radical (unpaired) electrons. The van der Waals surface area contributed by atoms with Crippen molar-refractivity contribution in [2.24, 2.45) is 5.41 Å². The topological polar surface area (TPSA) is 32.3 Å². The first-order valence-corrected chi connectivity index (χ1v) is 7.55. The van der Waals surface area contributed by atoms with Gasteiger partial charge in [0.15, 0.2) is 11.6 Å². The van der Waals surface area contributed by atoms with Gasteiger partial charge in [-0.1, -0.05) is 0 Å². The number of likely N-dealkylation sites (tertiary alicyclic amines) is 1. The molecule has 2 aliphatic rings. The number of carbonyl (C=O) groups is 1. The molecule has 0 unspecified atom stereocenters. The number of hydrogen-bond acceptors (Lipinski definition) is 2. The normalized spacial score (nSPS) is 20.5. The lowest BCUT2D eigenvalue weighted by atomic mass is 9.71. The first-order valence-electron chi connectivity index (χ1n) is 7.55. The van der Waals surface area contributed by atoms with Gasteiger partial charge in [0.25, 0.3) is 5.91 Å². The van der Waals surface area contributed by atoms with Crippen LogP contribution in [0.3, 0.4) is 0 Å².